The number of anilines is 1. The molecule has 0 unspecified atom stereocenters. The maximum absolute atomic E-state index is 13.7. The van der Waals surface area contributed by atoms with Gasteiger partial charge in [-0.05, 0) is 68.8 Å². The first-order valence-corrected chi connectivity index (χ1v) is 12.6. The molecule has 7 heteroatoms. The Bertz CT molecular complexity index is 1170. The van der Waals surface area contributed by atoms with Gasteiger partial charge in [0.2, 0.25) is 11.8 Å². The van der Waals surface area contributed by atoms with Crippen LogP contribution in [0.15, 0.2) is 66.0 Å². The third kappa shape index (κ3) is 6.79. The van der Waals surface area contributed by atoms with Crippen LogP contribution in [0, 0.1) is 13.8 Å². The number of nitrogens with zero attached hydrogens (tertiary/aromatic N) is 1. The molecule has 2 N–H and O–H groups in total. The van der Waals surface area contributed by atoms with Gasteiger partial charge >= 0.3 is 0 Å². The quantitative estimate of drug-likeness (QED) is 0.433. The highest BCUT2D eigenvalue weighted by Gasteiger charge is 2.35. The third-order valence-electron chi connectivity index (χ3n) is 5.94. The molecule has 3 rings (SSSR count). The second kappa shape index (κ2) is 11.3. The van der Waals surface area contributed by atoms with E-state index in [0.717, 1.165) is 17.5 Å². The minimum Gasteiger partial charge on any atom is -0.349 e. The summed E-state index contributed by atoms with van der Waals surface area (Å²) >= 11 is 1.31. The zero-order valence-electron chi connectivity index (χ0n) is 20.9. The standard InChI is InChI=1S/C28H33N3O3S/c1-6-28(4,5)30-27(34)25(21-14-12-19(2)13-15-21)31(22-10-7-9-20(3)17-22)24(32)18-29-26(33)23-11-8-16-35-23/h7-17,25H,6,18H2,1-5H3,(H,29,33)(H,30,34)/t25-/m1/s1. The summed E-state index contributed by atoms with van der Waals surface area (Å²) in [6.07, 6.45) is 0.731. The zero-order chi connectivity index (χ0) is 25.6. The molecule has 3 amide bonds. The van der Waals surface area contributed by atoms with Crippen molar-refractivity contribution in [1.82, 2.24) is 10.6 Å². The van der Waals surface area contributed by atoms with Gasteiger partial charge in [0.15, 0.2) is 0 Å². The Morgan fingerprint density at radius 2 is 1.69 bits per heavy atom. The fraction of sp³-hybridized carbons (Fsp3) is 0.321. The van der Waals surface area contributed by atoms with Crippen molar-refractivity contribution in [2.45, 2.75) is 52.6 Å². The van der Waals surface area contributed by atoms with E-state index in [2.05, 4.69) is 10.6 Å². The van der Waals surface area contributed by atoms with Gasteiger partial charge in [-0.2, -0.15) is 0 Å². The molecule has 0 spiro atoms. The number of rotatable bonds is 9. The second-order valence-electron chi connectivity index (χ2n) is 9.30. The highest BCUT2D eigenvalue weighted by atomic mass is 32.1. The summed E-state index contributed by atoms with van der Waals surface area (Å²) in [4.78, 5) is 42.0. The highest BCUT2D eigenvalue weighted by molar-refractivity contribution is 7.12. The normalized spacial score (nSPS) is 12.0. The predicted molar refractivity (Wildman–Crippen MR) is 142 cm³/mol. The number of benzene rings is 2. The molecule has 0 aliphatic heterocycles. The van der Waals surface area contributed by atoms with Crippen molar-refractivity contribution in [3.8, 4) is 0 Å². The van der Waals surface area contributed by atoms with Crippen LogP contribution in [-0.4, -0.2) is 29.8 Å². The minimum absolute atomic E-state index is 0.239. The van der Waals surface area contributed by atoms with Crippen LogP contribution < -0.4 is 15.5 Å². The van der Waals surface area contributed by atoms with Crippen LogP contribution >= 0.6 is 11.3 Å². The lowest BCUT2D eigenvalue weighted by Gasteiger charge is -2.35. The number of carbonyl (C=O) groups excluding carboxylic acids is 3. The van der Waals surface area contributed by atoms with Gasteiger partial charge in [0.25, 0.3) is 5.91 Å². The molecule has 1 atom stereocenters. The second-order valence-corrected chi connectivity index (χ2v) is 10.3. The molecule has 0 saturated heterocycles. The molecule has 6 nitrogen and oxygen atoms in total. The maximum Gasteiger partial charge on any atom is 0.261 e. The summed E-state index contributed by atoms with van der Waals surface area (Å²) in [7, 11) is 0. The van der Waals surface area contributed by atoms with Crippen LogP contribution in [-0.2, 0) is 9.59 Å². The first kappa shape index (κ1) is 26.2. The van der Waals surface area contributed by atoms with Gasteiger partial charge in [0, 0.05) is 11.2 Å². The van der Waals surface area contributed by atoms with Crippen LogP contribution in [0.25, 0.3) is 0 Å². The summed E-state index contributed by atoms with van der Waals surface area (Å²) in [5.74, 6) is -0.975. The zero-order valence-corrected chi connectivity index (χ0v) is 21.7. The van der Waals surface area contributed by atoms with Crippen LogP contribution in [0.3, 0.4) is 0 Å². The van der Waals surface area contributed by atoms with Crippen molar-refractivity contribution in [2.75, 3.05) is 11.4 Å². The molecule has 0 saturated carbocycles. The van der Waals surface area contributed by atoms with E-state index < -0.39 is 11.6 Å². The molecule has 0 bridgehead atoms. The summed E-state index contributed by atoms with van der Waals surface area (Å²) in [6, 6.07) is 17.7. The number of nitrogens with one attached hydrogen (secondary N) is 2. The molecular formula is C28H33N3O3S. The van der Waals surface area contributed by atoms with E-state index >= 15 is 0 Å². The van der Waals surface area contributed by atoms with Gasteiger partial charge in [0.05, 0.1) is 11.4 Å². The van der Waals surface area contributed by atoms with Crippen molar-refractivity contribution in [3.63, 3.8) is 0 Å². The highest BCUT2D eigenvalue weighted by Crippen LogP contribution is 2.30. The molecular weight excluding hydrogens is 458 g/mol. The van der Waals surface area contributed by atoms with E-state index in [1.165, 1.54) is 16.2 Å². The molecule has 35 heavy (non-hydrogen) atoms. The fourth-order valence-corrected chi connectivity index (χ4v) is 4.25. The number of carbonyl (C=O) groups is 3. The smallest absolute Gasteiger partial charge is 0.261 e. The number of hydrogen-bond acceptors (Lipinski definition) is 4. The van der Waals surface area contributed by atoms with Crippen molar-refractivity contribution in [2.24, 2.45) is 0 Å². The average molecular weight is 492 g/mol. The molecule has 2 aromatic carbocycles. The van der Waals surface area contributed by atoms with Gasteiger partial charge in [-0.15, -0.1) is 11.3 Å². The van der Waals surface area contributed by atoms with E-state index in [0.29, 0.717) is 16.1 Å². The molecule has 0 aliphatic rings. The Morgan fingerprint density at radius 1 is 0.971 bits per heavy atom. The molecule has 0 radical (unpaired) electrons. The first-order chi connectivity index (χ1) is 16.6. The number of hydrogen-bond donors (Lipinski definition) is 2. The summed E-state index contributed by atoms with van der Waals surface area (Å²) in [6.45, 7) is 9.59. The number of aryl methyl sites for hydroxylation is 2. The lowest BCUT2D eigenvalue weighted by Crippen LogP contribution is -2.52. The lowest BCUT2D eigenvalue weighted by molar-refractivity contribution is -0.127. The minimum atomic E-state index is -0.908. The monoisotopic (exact) mass is 491 g/mol. The van der Waals surface area contributed by atoms with E-state index in [9.17, 15) is 14.4 Å². The Kier molecular flexibility index (Phi) is 8.46. The Morgan fingerprint density at radius 3 is 2.29 bits per heavy atom. The van der Waals surface area contributed by atoms with Gasteiger partial charge in [0.1, 0.15) is 6.04 Å². The van der Waals surface area contributed by atoms with Gasteiger partial charge in [-0.25, -0.2) is 0 Å². The van der Waals surface area contributed by atoms with E-state index in [1.807, 2.05) is 88.5 Å². The van der Waals surface area contributed by atoms with Crippen LogP contribution in [0.5, 0.6) is 0 Å². The summed E-state index contributed by atoms with van der Waals surface area (Å²) < 4.78 is 0. The van der Waals surface area contributed by atoms with E-state index in [4.69, 9.17) is 0 Å². The SMILES string of the molecule is CCC(C)(C)NC(=O)[C@@H](c1ccc(C)cc1)N(C(=O)CNC(=O)c1cccs1)c1cccc(C)c1. The molecule has 0 aliphatic carbocycles. The van der Waals surface area contributed by atoms with Crippen molar-refractivity contribution < 1.29 is 14.4 Å². The summed E-state index contributed by atoms with van der Waals surface area (Å²) in [5.41, 5.74) is 2.85. The summed E-state index contributed by atoms with van der Waals surface area (Å²) in [5, 5.41) is 7.63. The predicted octanol–water partition coefficient (Wildman–Crippen LogP) is 5.17. The molecule has 1 aromatic heterocycles. The molecule has 0 fully saturated rings. The van der Waals surface area contributed by atoms with Crippen LogP contribution in [0.4, 0.5) is 5.69 Å². The van der Waals surface area contributed by atoms with E-state index in [1.54, 1.807) is 12.1 Å². The van der Waals surface area contributed by atoms with Crippen molar-refractivity contribution in [1.29, 1.82) is 0 Å². The van der Waals surface area contributed by atoms with Gasteiger partial charge in [-0.1, -0.05) is 55.0 Å². The first-order valence-electron chi connectivity index (χ1n) is 11.7. The van der Waals surface area contributed by atoms with Crippen molar-refractivity contribution in [3.05, 3.63) is 87.6 Å². The largest absolute Gasteiger partial charge is 0.349 e. The fourth-order valence-electron chi connectivity index (χ4n) is 3.61. The van der Waals surface area contributed by atoms with Crippen molar-refractivity contribution >= 4 is 34.7 Å². The number of amides is 3. The van der Waals surface area contributed by atoms with E-state index in [-0.39, 0.29) is 24.3 Å². The molecule has 3 aromatic rings. The van der Waals surface area contributed by atoms with Gasteiger partial charge in [-0.3, -0.25) is 19.3 Å². The molecule has 1 heterocycles. The average Bonchev–Trinajstić information content (AvgIpc) is 3.36. The number of thiophene rings is 1. The molecule has 184 valence electrons. The lowest BCUT2D eigenvalue weighted by atomic mass is 9.97. The topological polar surface area (TPSA) is 78.5 Å². The van der Waals surface area contributed by atoms with Crippen LogP contribution in [0.2, 0.25) is 0 Å². The Balaban J connectivity index is 2.03. The third-order valence-corrected chi connectivity index (χ3v) is 6.81. The Hall–Kier alpha value is -3.45. The Labute approximate surface area is 211 Å². The van der Waals surface area contributed by atoms with Gasteiger partial charge < -0.3 is 10.6 Å². The maximum atomic E-state index is 13.7. The van der Waals surface area contributed by atoms with Crippen LogP contribution in [0.1, 0.15) is 59.6 Å².